The maximum Gasteiger partial charge on any atom is 0.0468 e. The molecule has 0 saturated carbocycles. The molecule has 0 unspecified atom stereocenters. The molecule has 2 heteroatoms. The smallest absolute Gasteiger partial charge is 0.0468 e. The molecule has 0 atom stereocenters. The maximum absolute atomic E-state index is 2.48. The van der Waals surface area contributed by atoms with Gasteiger partial charge in [0.05, 0.1) is 0 Å². The van der Waals surface area contributed by atoms with Crippen molar-refractivity contribution in [1.29, 1.82) is 0 Å². The Balaban J connectivity index is 1.22. The average Bonchev–Trinajstić information content (AvgIpc) is 3.43. The van der Waals surface area contributed by atoms with Crippen LogP contribution in [0.25, 0.3) is 60.6 Å². The summed E-state index contributed by atoms with van der Waals surface area (Å²) >= 11 is 0. The van der Waals surface area contributed by atoms with Crippen molar-refractivity contribution in [2.24, 2.45) is 0 Å². The number of anilines is 6. The summed E-state index contributed by atoms with van der Waals surface area (Å²) in [6, 6.07) is 74.5. The molecule has 0 amide bonds. The Morgan fingerprint density at radius 1 is 0.316 bits per heavy atom. The summed E-state index contributed by atoms with van der Waals surface area (Å²) in [5.74, 6) is 0. The van der Waals surface area contributed by atoms with E-state index in [-0.39, 0.29) is 21.7 Å². The SMILES string of the molecule is CC(C)(C)c1ccc(N(c2ccc(C(C)(C)C)cc2)c2ccc3c(-c4ccc5ccccc5c4)c4cc(N(c5ccc(C(C)(C)C)cc5)c5ccc(C(C)(C)C)cc5)ccc4c(-c4ccc5c(c4)CCC=C5)c3c2)cc1. The summed E-state index contributed by atoms with van der Waals surface area (Å²) in [6.45, 7) is 27.5. The monoisotopic (exact) mass is 991 g/mol. The first-order valence-corrected chi connectivity index (χ1v) is 27.5. The zero-order chi connectivity index (χ0) is 53.3. The van der Waals surface area contributed by atoms with Crippen LogP contribution >= 0.6 is 0 Å². The highest BCUT2D eigenvalue weighted by molar-refractivity contribution is 6.23. The molecule has 10 aromatic rings. The number of benzene rings is 10. The number of allylic oxidation sites excluding steroid dienone is 1. The second kappa shape index (κ2) is 19.2. The van der Waals surface area contributed by atoms with Gasteiger partial charge in [-0.3, -0.25) is 0 Å². The van der Waals surface area contributed by atoms with Crippen LogP contribution in [0.15, 0.2) is 200 Å². The fraction of sp³-hybridized carbons (Fsp3) is 0.243. The van der Waals surface area contributed by atoms with Crippen molar-refractivity contribution in [1.82, 2.24) is 0 Å². The first-order valence-electron chi connectivity index (χ1n) is 27.5. The number of hydrogen-bond donors (Lipinski definition) is 0. The topological polar surface area (TPSA) is 6.48 Å². The summed E-state index contributed by atoms with van der Waals surface area (Å²) in [6.07, 6.45) is 6.69. The molecular weight excluding hydrogens is 917 g/mol. The molecule has 0 radical (unpaired) electrons. The van der Waals surface area contributed by atoms with Gasteiger partial charge in [-0.25, -0.2) is 0 Å². The van der Waals surface area contributed by atoms with Crippen molar-refractivity contribution in [2.45, 2.75) is 118 Å². The summed E-state index contributed by atoms with van der Waals surface area (Å²) in [5.41, 5.74) is 19.8. The predicted molar refractivity (Wildman–Crippen MR) is 331 cm³/mol. The molecule has 0 spiro atoms. The Morgan fingerprint density at radius 3 is 1.09 bits per heavy atom. The van der Waals surface area contributed by atoms with Gasteiger partial charge >= 0.3 is 0 Å². The minimum absolute atomic E-state index is 0.0323. The van der Waals surface area contributed by atoms with Crippen molar-refractivity contribution < 1.29 is 0 Å². The van der Waals surface area contributed by atoms with Gasteiger partial charge < -0.3 is 9.80 Å². The Hall–Kier alpha value is -7.68. The van der Waals surface area contributed by atoms with E-state index in [0.29, 0.717) is 0 Å². The van der Waals surface area contributed by atoms with Crippen molar-refractivity contribution in [3.05, 3.63) is 234 Å². The van der Waals surface area contributed by atoms with Gasteiger partial charge in [-0.05, 0) is 201 Å². The van der Waals surface area contributed by atoms with E-state index in [9.17, 15) is 0 Å². The highest BCUT2D eigenvalue weighted by Gasteiger charge is 2.25. The van der Waals surface area contributed by atoms with Crippen LogP contribution in [-0.2, 0) is 28.1 Å². The van der Waals surface area contributed by atoms with Crippen LogP contribution in [0.4, 0.5) is 34.1 Å². The molecule has 2 nitrogen and oxygen atoms in total. The molecule has 10 aromatic carbocycles. The minimum atomic E-state index is 0.0323. The molecule has 1 aliphatic carbocycles. The summed E-state index contributed by atoms with van der Waals surface area (Å²) in [5, 5.41) is 7.35. The van der Waals surface area contributed by atoms with E-state index in [1.165, 1.54) is 88.0 Å². The molecule has 0 heterocycles. The van der Waals surface area contributed by atoms with E-state index in [1.54, 1.807) is 0 Å². The summed E-state index contributed by atoms with van der Waals surface area (Å²) < 4.78 is 0. The highest BCUT2D eigenvalue weighted by atomic mass is 15.1. The van der Waals surface area contributed by atoms with Crippen molar-refractivity contribution in [3.8, 4) is 22.3 Å². The molecule has 1 aliphatic rings. The third kappa shape index (κ3) is 9.75. The van der Waals surface area contributed by atoms with Gasteiger partial charge in [0.15, 0.2) is 0 Å². The molecule has 0 N–H and O–H groups in total. The lowest BCUT2D eigenvalue weighted by atomic mass is 9.83. The van der Waals surface area contributed by atoms with Crippen LogP contribution in [-0.4, -0.2) is 0 Å². The van der Waals surface area contributed by atoms with Crippen LogP contribution in [0.5, 0.6) is 0 Å². The second-order valence-electron chi connectivity index (χ2n) is 25.5. The fourth-order valence-corrected chi connectivity index (χ4v) is 11.4. The van der Waals surface area contributed by atoms with Crippen LogP contribution < -0.4 is 9.80 Å². The van der Waals surface area contributed by atoms with Crippen molar-refractivity contribution >= 4 is 72.5 Å². The van der Waals surface area contributed by atoms with Crippen LogP contribution in [0.1, 0.15) is 123 Å². The van der Waals surface area contributed by atoms with Gasteiger partial charge in [0.1, 0.15) is 0 Å². The second-order valence-corrected chi connectivity index (χ2v) is 25.5. The minimum Gasteiger partial charge on any atom is -0.310 e. The average molecular weight is 991 g/mol. The van der Waals surface area contributed by atoms with E-state index >= 15 is 0 Å². The Morgan fingerprint density at radius 2 is 0.684 bits per heavy atom. The van der Waals surface area contributed by atoms with E-state index < -0.39 is 0 Å². The van der Waals surface area contributed by atoms with E-state index in [1.807, 2.05) is 0 Å². The van der Waals surface area contributed by atoms with Gasteiger partial charge in [-0.2, -0.15) is 0 Å². The Bertz CT molecular complexity index is 3690. The van der Waals surface area contributed by atoms with Crippen molar-refractivity contribution in [3.63, 3.8) is 0 Å². The molecule has 0 saturated heterocycles. The number of nitrogens with zero attached hydrogens (tertiary/aromatic N) is 2. The highest BCUT2D eigenvalue weighted by Crippen LogP contribution is 2.50. The molecule has 0 fully saturated rings. The molecule has 0 aromatic heterocycles. The normalized spacial score (nSPS) is 13.1. The molecular formula is C74H74N2. The Kier molecular flexibility index (Phi) is 12.7. The number of aryl methyl sites for hydroxylation is 1. The first-order chi connectivity index (χ1) is 36.2. The molecule has 76 heavy (non-hydrogen) atoms. The first kappa shape index (κ1) is 50.5. The zero-order valence-corrected chi connectivity index (χ0v) is 46.9. The number of rotatable bonds is 8. The zero-order valence-electron chi connectivity index (χ0n) is 46.9. The van der Waals surface area contributed by atoms with Crippen LogP contribution in [0.2, 0.25) is 0 Å². The van der Waals surface area contributed by atoms with Gasteiger partial charge in [-0.1, -0.05) is 210 Å². The maximum atomic E-state index is 2.48. The third-order valence-corrected chi connectivity index (χ3v) is 15.9. The number of hydrogen-bond acceptors (Lipinski definition) is 2. The quantitative estimate of drug-likeness (QED) is 0.140. The van der Waals surface area contributed by atoms with E-state index in [0.717, 1.165) is 47.0 Å². The molecule has 0 bridgehead atoms. The molecule has 380 valence electrons. The third-order valence-electron chi connectivity index (χ3n) is 15.9. The fourth-order valence-electron chi connectivity index (χ4n) is 11.4. The predicted octanol–water partition coefficient (Wildman–Crippen LogP) is 21.6. The lowest BCUT2D eigenvalue weighted by molar-refractivity contribution is 0.590. The Labute approximate surface area is 453 Å². The van der Waals surface area contributed by atoms with E-state index in [4.69, 9.17) is 0 Å². The number of fused-ring (bicyclic) bond motifs is 4. The van der Waals surface area contributed by atoms with Crippen LogP contribution in [0.3, 0.4) is 0 Å². The summed E-state index contributed by atoms with van der Waals surface area (Å²) in [7, 11) is 0. The van der Waals surface area contributed by atoms with Gasteiger partial charge in [-0.15, -0.1) is 0 Å². The van der Waals surface area contributed by atoms with Gasteiger partial charge in [0.2, 0.25) is 0 Å². The van der Waals surface area contributed by atoms with E-state index in [2.05, 4.69) is 299 Å². The van der Waals surface area contributed by atoms with Gasteiger partial charge in [0.25, 0.3) is 0 Å². The lowest BCUT2D eigenvalue weighted by Gasteiger charge is -2.30. The largest absolute Gasteiger partial charge is 0.310 e. The van der Waals surface area contributed by atoms with Crippen molar-refractivity contribution in [2.75, 3.05) is 9.80 Å². The standard InChI is InChI=1S/C74H74N2/c1-71(2,3)55-25-33-59(34-26-55)75(60-35-27-56(28-36-60)72(4,5)6)63-41-43-65-67(47-63)69(53-23-21-49-17-13-15-19-51(49)45-53)66-44-42-64(48-68(66)70(65)54-24-22-50-18-14-16-20-52(50)46-54)76(61-37-29-57(30-38-61)73(7,8)9)62-39-31-58(32-40-62)74(10,11)12/h13-15,17-19,21-48H,16,20H2,1-12H3. The van der Waals surface area contributed by atoms with Gasteiger partial charge in [0, 0.05) is 34.1 Å². The van der Waals surface area contributed by atoms with Crippen LogP contribution in [0, 0.1) is 0 Å². The molecule has 0 aliphatic heterocycles. The lowest BCUT2D eigenvalue weighted by Crippen LogP contribution is -2.14. The summed E-state index contributed by atoms with van der Waals surface area (Å²) in [4.78, 5) is 4.91. The molecule has 11 rings (SSSR count).